The van der Waals surface area contributed by atoms with Crippen LogP contribution >= 0.6 is 11.3 Å². The van der Waals surface area contributed by atoms with Crippen LogP contribution in [0.2, 0.25) is 0 Å². The van der Waals surface area contributed by atoms with E-state index < -0.39 is 74.5 Å². The topological polar surface area (TPSA) is 25.8 Å². The van der Waals surface area contributed by atoms with Crippen molar-refractivity contribution in [2.75, 3.05) is 0 Å². The maximum Gasteiger partial charge on any atom is 0.417 e. The van der Waals surface area contributed by atoms with E-state index in [4.69, 9.17) is 0 Å². The van der Waals surface area contributed by atoms with E-state index in [0.717, 1.165) is 11.3 Å². The number of alkyl halides is 6. The van der Waals surface area contributed by atoms with Gasteiger partial charge in [-0.05, 0) is 23.6 Å². The standard InChI is InChI=1S/C20H6F10N2S/c21-13-11-12(14(22)16(24)15(13)23)18(10-2-1-5-33-10)32-31-17(11)8-4-3-7(19(25,26)27)6-9(8)20(28,29)30/h1-6H. The first kappa shape index (κ1) is 23.0. The Morgan fingerprint density at radius 3 is 1.76 bits per heavy atom. The van der Waals surface area contributed by atoms with Crippen molar-refractivity contribution < 1.29 is 43.9 Å². The van der Waals surface area contributed by atoms with Crippen LogP contribution in [-0.4, -0.2) is 10.2 Å². The fraction of sp³-hybridized carbons (Fsp3) is 0.100. The summed E-state index contributed by atoms with van der Waals surface area (Å²) in [6, 6.07) is 3.14. The van der Waals surface area contributed by atoms with Crippen molar-refractivity contribution in [1.82, 2.24) is 10.2 Å². The van der Waals surface area contributed by atoms with Crippen LogP contribution in [0, 0.1) is 23.3 Å². The molecule has 0 saturated carbocycles. The van der Waals surface area contributed by atoms with Gasteiger partial charge in [-0.15, -0.1) is 21.5 Å². The molecule has 2 aromatic carbocycles. The Morgan fingerprint density at radius 1 is 0.667 bits per heavy atom. The van der Waals surface area contributed by atoms with E-state index in [9.17, 15) is 43.9 Å². The molecule has 0 atom stereocenters. The lowest BCUT2D eigenvalue weighted by atomic mass is 9.95. The smallest absolute Gasteiger partial charge is 0.203 e. The molecule has 0 bridgehead atoms. The van der Waals surface area contributed by atoms with E-state index in [1.165, 1.54) is 17.5 Å². The largest absolute Gasteiger partial charge is 0.417 e. The average molecular weight is 496 g/mol. The number of rotatable bonds is 2. The van der Waals surface area contributed by atoms with E-state index in [1.54, 1.807) is 0 Å². The Bertz CT molecular complexity index is 1380. The Hall–Kier alpha value is -3.22. The third-order valence-corrected chi connectivity index (χ3v) is 5.53. The molecule has 13 heteroatoms. The lowest BCUT2D eigenvalue weighted by Crippen LogP contribution is -2.13. The Kier molecular flexibility index (Phi) is 5.34. The zero-order valence-corrected chi connectivity index (χ0v) is 16.4. The molecule has 0 spiro atoms. The Morgan fingerprint density at radius 2 is 1.24 bits per heavy atom. The zero-order valence-electron chi connectivity index (χ0n) is 15.5. The van der Waals surface area contributed by atoms with Gasteiger partial charge in [0.1, 0.15) is 11.4 Å². The van der Waals surface area contributed by atoms with Gasteiger partial charge >= 0.3 is 12.4 Å². The van der Waals surface area contributed by atoms with Crippen molar-refractivity contribution in [3.8, 4) is 21.8 Å². The van der Waals surface area contributed by atoms with Crippen LogP contribution in [-0.2, 0) is 12.4 Å². The summed E-state index contributed by atoms with van der Waals surface area (Å²) in [5.41, 5.74) is -6.30. The number of nitrogens with zero attached hydrogens (tertiary/aromatic N) is 2. The number of benzene rings is 2. The molecule has 0 N–H and O–H groups in total. The van der Waals surface area contributed by atoms with Crippen molar-refractivity contribution in [3.05, 3.63) is 70.1 Å². The van der Waals surface area contributed by atoms with E-state index in [0.29, 0.717) is 6.07 Å². The first-order valence-electron chi connectivity index (χ1n) is 8.67. The molecular formula is C20H6F10N2S. The monoisotopic (exact) mass is 496 g/mol. The van der Waals surface area contributed by atoms with Crippen LogP contribution in [0.25, 0.3) is 32.6 Å². The average Bonchev–Trinajstić information content (AvgIpc) is 3.28. The van der Waals surface area contributed by atoms with E-state index in [2.05, 4.69) is 10.2 Å². The van der Waals surface area contributed by atoms with E-state index in [-0.39, 0.29) is 17.0 Å². The van der Waals surface area contributed by atoms with Gasteiger partial charge in [-0.1, -0.05) is 12.1 Å². The number of hydrogen-bond acceptors (Lipinski definition) is 3. The summed E-state index contributed by atoms with van der Waals surface area (Å²) in [5.74, 6) is -8.57. The lowest BCUT2D eigenvalue weighted by molar-refractivity contribution is -0.142. The summed E-state index contributed by atoms with van der Waals surface area (Å²) in [4.78, 5) is 0.104. The molecule has 0 unspecified atom stereocenters. The van der Waals surface area contributed by atoms with Crippen LogP contribution < -0.4 is 0 Å². The molecule has 0 saturated heterocycles. The molecule has 4 aromatic rings. The molecule has 0 aliphatic carbocycles. The second-order valence-corrected chi connectivity index (χ2v) is 7.58. The van der Waals surface area contributed by atoms with Gasteiger partial charge in [0.15, 0.2) is 23.3 Å². The fourth-order valence-electron chi connectivity index (χ4n) is 3.21. The minimum absolute atomic E-state index is 0.104. The van der Waals surface area contributed by atoms with E-state index in [1.807, 2.05) is 0 Å². The van der Waals surface area contributed by atoms with Gasteiger partial charge in [-0.25, -0.2) is 17.6 Å². The minimum atomic E-state index is -5.40. The predicted octanol–water partition coefficient (Wildman–Crippen LogP) is 7.62. The van der Waals surface area contributed by atoms with Crippen molar-refractivity contribution in [2.45, 2.75) is 12.4 Å². The molecular weight excluding hydrogens is 490 g/mol. The number of aromatic nitrogens is 2. The number of thiophene rings is 1. The van der Waals surface area contributed by atoms with Gasteiger partial charge in [-0.2, -0.15) is 26.3 Å². The summed E-state index contributed by atoms with van der Waals surface area (Å²) in [5, 5.41) is 6.29. The van der Waals surface area contributed by atoms with Crippen LogP contribution in [0.5, 0.6) is 0 Å². The molecule has 0 aliphatic heterocycles. The predicted molar refractivity (Wildman–Crippen MR) is 98.1 cm³/mol. The van der Waals surface area contributed by atoms with Gasteiger partial charge in [-0.3, -0.25) is 0 Å². The Labute approximate surface area is 181 Å². The van der Waals surface area contributed by atoms with Gasteiger partial charge < -0.3 is 0 Å². The van der Waals surface area contributed by atoms with Crippen LogP contribution in [0.1, 0.15) is 11.1 Å². The number of hydrogen-bond donors (Lipinski definition) is 0. The summed E-state index contributed by atoms with van der Waals surface area (Å²) in [6.07, 6.45) is -10.5. The third kappa shape index (κ3) is 3.79. The molecule has 2 aromatic heterocycles. The number of fused-ring (bicyclic) bond motifs is 1. The SMILES string of the molecule is Fc1c(F)c(F)c2c(-c3ccc(C(F)(F)F)cc3C(F)(F)F)nnc(-c3cccs3)c2c1F. The van der Waals surface area contributed by atoms with E-state index >= 15 is 0 Å². The highest BCUT2D eigenvalue weighted by Crippen LogP contribution is 2.44. The molecule has 33 heavy (non-hydrogen) atoms. The lowest BCUT2D eigenvalue weighted by Gasteiger charge is -2.17. The molecule has 172 valence electrons. The molecule has 2 nitrogen and oxygen atoms in total. The second-order valence-electron chi connectivity index (χ2n) is 6.64. The van der Waals surface area contributed by atoms with Crippen LogP contribution in [0.15, 0.2) is 35.7 Å². The van der Waals surface area contributed by atoms with Crippen LogP contribution in [0.3, 0.4) is 0 Å². The Balaban J connectivity index is 2.16. The van der Waals surface area contributed by atoms with Gasteiger partial charge in [0.2, 0.25) is 0 Å². The highest BCUT2D eigenvalue weighted by Gasteiger charge is 2.39. The molecule has 2 heterocycles. The van der Waals surface area contributed by atoms with Crippen molar-refractivity contribution in [1.29, 1.82) is 0 Å². The quantitative estimate of drug-likeness (QED) is 0.162. The highest BCUT2D eigenvalue weighted by molar-refractivity contribution is 7.13. The van der Waals surface area contributed by atoms with Gasteiger partial charge in [0.05, 0.1) is 26.8 Å². The minimum Gasteiger partial charge on any atom is -0.203 e. The second kappa shape index (κ2) is 7.68. The highest BCUT2D eigenvalue weighted by atomic mass is 32.1. The summed E-state index contributed by atoms with van der Waals surface area (Å²) < 4.78 is 137. The van der Waals surface area contributed by atoms with Crippen molar-refractivity contribution in [3.63, 3.8) is 0 Å². The zero-order chi connectivity index (χ0) is 24.3. The maximum atomic E-state index is 14.8. The fourth-order valence-corrected chi connectivity index (χ4v) is 3.93. The van der Waals surface area contributed by atoms with Crippen molar-refractivity contribution in [2.24, 2.45) is 0 Å². The number of halogens is 10. The summed E-state index contributed by atoms with van der Waals surface area (Å²) >= 11 is 0.916. The molecule has 4 rings (SSSR count). The molecule has 0 radical (unpaired) electrons. The van der Waals surface area contributed by atoms with Gasteiger partial charge in [0, 0.05) is 5.56 Å². The molecule has 0 aliphatic rings. The maximum absolute atomic E-state index is 14.8. The van der Waals surface area contributed by atoms with Crippen LogP contribution in [0.4, 0.5) is 43.9 Å². The molecule has 0 amide bonds. The summed E-state index contributed by atoms with van der Waals surface area (Å²) in [6.45, 7) is 0. The third-order valence-electron chi connectivity index (χ3n) is 4.65. The summed E-state index contributed by atoms with van der Waals surface area (Å²) in [7, 11) is 0. The first-order chi connectivity index (χ1) is 15.3. The normalized spacial score (nSPS) is 12.5. The first-order valence-corrected chi connectivity index (χ1v) is 9.55. The van der Waals surface area contributed by atoms with Crippen molar-refractivity contribution >= 4 is 22.1 Å². The molecule has 0 fully saturated rings. The van der Waals surface area contributed by atoms with Gasteiger partial charge in [0.25, 0.3) is 0 Å².